The Kier molecular flexibility index (Phi) is 5.52. The highest BCUT2D eigenvalue weighted by Crippen LogP contribution is 2.22. The third-order valence-corrected chi connectivity index (χ3v) is 4.33. The molecule has 3 aromatic carbocycles. The molecular formula is C22H20ClNO. The van der Waals surface area contributed by atoms with E-state index < -0.39 is 0 Å². The van der Waals surface area contributed by atoms with Crippen LogP contribution in [0.15, 0.2) is 71.7 Å². The van der Waals surface area contributed by atoms with Crippen molar-refractivity contribution in [2.75, 3.05) is 0 Å². The number of benzene rings is 3. The molecule has 0 saturated heterocycles. The Bertz CT molecular complexity index is 868. The lowest BCUT2D eigenvalue weighted by Crippen LogP contribution is -1.95. The number of nitrogens with zero attached hydrogens (tertiary/aromatic N) is 1. The topological polar surface area (TPSA) is 21.6 Å². The van der Waals surface area contributed by atoms with Gasteiger partial charge in [-0.2, -0.15) is 0 Å². The summed E-state index contributed by atoms with van der Waals surface area (Å²) in [7, 11) is 0. The monoisotopic (exact) mass is 349 g/mol. The van der Waals surface area contributed by atoms with Gasteiger partial charge in [0.25, 0.3) is 0 Å². The van der Waals surface area contributed by atoms with E-state index in [1.54, 1.807) is 0 Å². The number of halogens is 1. The van der Waals surface area contributed by atoms with Gasteiger partial charge in [-0.25, -0.2) is 0 Å². The number of hydrogen-bond donors (Lipinski definition) is 0. The lowest BCUT2D eigenvalue weighted by Gasteiger charge is -2.07. The Morgan fingerprint density at radius 3 is 2.32 bits per heavy atom. The van der Waals surface area contributed by atoms with E-state index in [1.807, 2.05) is 55.6 Å². The summed E-state index contributed by atoms with van der Waals surface area (Å²) in [6.07, 6.45) is 1.82. The molecule has 3 rings (SSSR count). The van der Waals surface area contributed by atoms with Gasteiger partial charge >= 0.3 is 0 Å². The van der Waals surface area contributed by atoms with E-state index in [1.165, 1.54) is 5.56 Å². The highest BCUT2D eigenvalue weighted by atomic mass is 35.5. The number of ether oxygens (including phenoxy) is 1. The van der Waals surface area contributed by atoms with Crippen LogP contribution in [0.25, 0.3) is 0 Å². The molecule has 0 heterocycles. The minimum Gasteiger partial charge on any atom is -0.489 e. The Labute approximate surface area is 153 Å². The van der Waals surface area contributed by atoms with Gasteiger partial charge in [0, 0.05) is 11.2 Å². The minimum atomic E-state index is 0.565. The molecule has 0 aliphatic heterocycles. The van der Waals surface area contributed by atoms with Gasteiger partial charge in [0.15, 0.2) is 0 Å². The molecule has 0 N–H and O–H groups in total. The van der Waals surface area contributed by atoms with Crippen LogP contribution >= 0.6 is 11.6 Å². The van der Waals surface area contributed by atoms with Crippen molar-refractivity contribution in [3.8, 4) is 5.75 Å². The molecule has 0 fully saturated rings. The molecule has 0 bridgehead atoms. The van der Waals surface area contributed by atoms with E-state index in [2.05, 4.69) is 36.2 Å². The summed E-state index contributed by atoms with van der Waals surface area (Å²) >= 11 is 6.12. The fourth-order valence-electron chi connectivity index (χ4n) is 2.31. The number of hydrogen-bond acceptors (Lipinski definition) is 2. The van der Waals surface area contributed by atoms with Crippen LogP contribution in [-0.2, 0) is 6.61 Å². The second kappa shape index (κ2) is 8.00. The molecule has 0 amide bonds. The van der Waals surface area contributed by atoms with E-state index in [9.17, 15) is 0 Å². The van der Waals surface area contributed by atoms with Crippen LogP contribution in [0, 0.1) is 13.8 Å². The first-order valence-corrected chi connectivity index (χ1v) is 8.56. The molecule has 0 radical (unpaired) electrons. The predicted octanol–water partition coefficient (Wildman–Crippen LogP) is 6.29. The predicted molar refractivity (Wildman–Crippen MR) is 105 cm³/mol. The molecule has 3 heteroatoms. The third-order valence-electron chi connectivity index (χ3n) is 3.92. The van der Waals surface area contributed by atoms with Crippen LogP contribution in [-0.4, -0.2) is 6.21 Å². The minimum absolute atomic E-state index is 0.565. The second-order valence-electron chi connectivity index (χ2n) is 6.03. The van der Waals surface area contributed by atoms with E-state index in [0.29, 0.717) is 6.61 Å². The molecule has 3 aromatic rings. The van der Waals surface area contributed by atoms with Crippen LogP contribution < -0.4 is 4.74 Å². The maximum atomic E-state index is 6.12. The lowest BCUT2D eigenvalue weighted by molar-refractivity contribution is 0.306. The van der Waals surface area contributed by atoms with Crippen LogP contribution in [0.4, 0.5) is 5.69 Å². The van der Waals surface area contributed by atoms with Crippen LogP contribution in [0.5, 0.6) is 5.75 Å². The molecule has 0 aromatic heterocycles. The number of aliphatic imine (C=N–C) groups is 1. The van der Waals surface area contributed by atoms with Gasteiger partial charge in [-0.15, -0.1) is 0 Å². The van der Waals surface area contributed by atoms with Crippen molar-refractivity contribution in [3.63, 3.8) is 0 Å². The van der Waals surface area contributed by atoms with Crippen molar-refractivity contribution in [1.82, 2.24) is 0 Å². The molecule has 0 atom stereocenters. The fourth-order valence-corrected chi connectivity index (χ4v) is 2.49. The van der Waals surface area contributed by atoms with Crippen LogP contribution in [0.2, 0.25) is 5.02 Å². The molecule has 0 aliphatic carbocycles. The van der Waals surface area contributed by atoms with Crippen molar-refractivity contribution in [1.29, 1.82) is 0 Å². The Hall–Kier alpha value is -2.58. The maximum Gasteiger partial charge on any atom is 0.119 e. The molecule has 0 aliphatic rings. The summed E-state index contributed by atoms with van der Waals surface area (Å²) < 4.78 is 5.82. The molecule has 0 saturated carbocycles. The first-order valence-electron chi connectivity index (χ1n) is 8.19. The molecule has 0 spiro atoms. The number of aryl methyl sites for hydroxylation is 2. The molecule has 25 heavy (non-hydrogen) atoms. The summed E-state index contributed by atoms with van der Waals surface area (Å²) in [6.45, 7) is 4.62. The van der Waals surface area contributed by atoms with Gasteiger partial charge in [0.2, 0.25) is 0 Å². The third kappa shape index (κ3) is 4.94. The van der Waals surface area contributed by atoms with Crippen molar-refractivity contribution in [3.05, 3.63) is 94.0 Å². The lowest BCUT2D eigenvalue weighted by atomic mass is 10.2. The Morgan fingerprint density at radius 1 is 0.920 bits per heavy atom. The van der Waals surface area contributed by atoms with Crippen LogP contribution in [0.3, 0.4) is 0 Å². The van der Waals surface area contributed by atoms with Gasteiger partial charge < -0.3 is 4.74 Å². The smallest absolute Gasteiger partial charge is 0.119 e. The Balaban J connectivity index is 1.60. The van der Waals surface area contributed by atoms with Gasteiger partial charge in [-0.1, -0.05) is 47.5 Å². The molecular weight excluding hydrogens is 330 g/mol. The highest BCUT2D eigenvalue weighted by Gasteiger charge is 1.98. The zero-order valence-electron chi connectivity index (χ0n) is 14.4. The SMILES string of the molecule is Cc1ccc(COc2ccc(C=Nc3ccc(C)c(Cl)c3)cc2)cc1. The zero-order valence-corrected chi connectivity index (χ0v) is 15.1. The van der Waals surface area contributed by atoms with Gasteiger partial charge in [0.1, 0.15) is 12.4 Å². The maximum absolute atomic E-state index is 6.12. The zero-order chi connectivity index (χ0) is 17.6. The molecule has 0 unspecified atom stereocenters. The van der Waals surface area contributed by atoms with E-state index >= 15 is 0 Å². The van der Waals surface area contributed by atoms with Crippen molar-refractivity contribution < 1.29 is 4.74 Å². The van der Waals surface area contributed by atoms with Gasteiger partial charge in [-0.05, 0) is 66.9 Å². The summed E-state index contributed by atoms with van der Waals surface area (Å²) in [5, 5.41) is 0.731. The first kappa shape index (κ1) is 17.2. The van der Waals surface area contributed by atoms with E-state index in [4.69, 9.17) is 16.3 Å². The first-order chi connectivity index (χ1) is 12.1. The van der Waals surface area contributed by atoms with Crippen molar-refractivity contribution in [2.24, 2.45) is 4.99 Å². The highest BCUT2D eigenvalue weighted by molar-refractivity contribution is 6.31. The van der Waals surface area contributed by atoms with Gasteiger partial charge in [-0.3, -0.25) is 4.99 Å². The summed E-state index contributed by atoms with van der Waals surface area (Å²) in [5.41, 5.74) is 5.32. The standard InChI is InChI=1S/C22H20ClNO/c1-16-3-6-19(7-4-16)15-25-21-11-8-18(9-12-21)14-24-20-10-5-17(2)22(23)13-20/h3-14H,15H2,1-2H3. The largest absolute Gasteiger partial charge is 0.489 e. The second-order valence-corrected chi connectivity index (χ2v) is 6.44. The molecule has 2 nitrogen and oxygen atoms in total. The van der Waals surface area contributed by atoms with Gasteiger partial charge in [0.05, 0.1) is 5.69 Å². The molecule has 126 valence electrons. The number of rotatable bonds is 5. The average Bonchev–Trinajstić information content (AvgIpc) is 2.63. The quantitative estimate of drug-likeness (QED) is 0.496. The van der Waals surface area contributed by atoms with E-state index in [0.717, 1.165) is 33.1 Å². The van der Waals surface area contributed by atoms with Crippen LogP contribution in [0.1, 0.15) is 22.3 Å². The average molecular weight is 350 g/mol. The van der Waals surface area contributed by atoms with Crippen molar-refractivity contribution in [2.45, 2.75) is 20.5 Å². The Morgan fingerprint density at radius 2 is 1.64 bits per heavy atom. The summed E-state index contributed by atoms with van der Waals surface area (Å²) in [4.78, 5) is 4.46. The summed E-state index contributed by atoms with van der Waals surface area (Å²) in [5.74, 6) is 0.844. The summed E-state index contributed by atoms with van der Waals surface area (Å²) in [6, 6.07) is 22.0. The van der Waals surface area contributed by atoms with Crippen molar-refractivity contribution >= 4 is 23.5 Å². The normalized spacial score (nSPS) is 11.0. The van der Waals surface area contributed by atoms with E-state index in [-0.39, 0.29) is 0 Å². The fraction of sp³-hybridized carbons (Fsp3) is 0.136.